The minimum atomic E-state index is -2.97. The Hall–Kier alpha value is -0.870. The van der Waals surface area contributed by atoms with Gasteiger partial charge >= 0.3 is 0 Å². The highest BCUT2D eigenvalue weighted by molar-refractivity contribution is 7.89. The van der Waals surface area contributed by atoms with Crippen LogP contribution in [-0.4, -0.2) is 20.7 Å². The zero-order valence-electron chi connectivity index (χ0n) is 13.5. The van der Waals surface area contributed by atoms with Crippen molar-refractivity contribution in [2.45, 2.75) is 52.0 Å². The van der Waals surface area contributed by atoms with Gasteiger partial charge in [0, 0.05) is 18.8 Å². The Morgan fingerprint density at radius 2 is 1.90 bits per heavy atom. The summed E-state index contributed by atoms with van der Waals surface area (Å²) in [7, 11) is -2.97. The Morgan fingerprint density at radius 3 is 2.48 bits per heavy atom. The first-order chi connectivity index (χ1) is 9.65. The molecule has 1 N–H and O–H groups in total. The molecule has 0 heterocycles. The molecule has 0 unspecified atom stereocenters. The van der Waals surface area contributed by atoms with E-state index < -0.39 is 9.84 Å². The van der Waals surface area contributed by atoms with E-state index in [1.807, 2.05) is 18.2 Å². The Balaban J connectivity index is 1.96. The molecular weight excluding hydrogens is 282 g/mol. The van der Waals surface area contributed by atoms with Gasteiger partial charge in [0.1, 0.15) is 0 Å². The van der Waals surface area contributed by atoms with E-state index in [-0.39, 0.29) is 5.75 Å². The van der Waals surface area contributed by atoms with Crippen LogP contribution in [-0.2, 0) is 22.1 Å². The van der Waals surface area contributed by atoms with Crippen molar-refractivity contribution in [3.8, 4) is 0 Å². The van der Waals surface area contributed by atoms with Crippen LogP contribution >= 0.6 is 0 Å². The molecule has 4 heteroatoms. The maximum absolute atomic E-state index is 11.4. The van der Waals surface area contributed by atoms with Gasteiger partial charge in [0.05, 0.1) is 5.75 Å². The van der Waals surface area contributed by atoms with Crippen LogP contribution < -0.4 is 5.32 Å². The minimum Gasteiger partial charge on any atom is -0.310 e. The maximum atomic E-state index is 11.4. The van der Waals surface area contributed by atoms with Crippen LogP contribution in [0.25, 0.3) is 0 Å². The Kier molecular flexibility index (Phi) is 4.79. The topological polar surface area (TPSA) is 46.2 Å². The Morgan fingerprint density at radius 1 is 1.24 bits per heavy atom. The number of sulfone groups is 1. The van der Waals surface area contributed by atoms with Crippen molar-refractivity contribution in [3.05, 3.63) is 35.4 Å². The summed E-state index contributed by atoms with van der Waals surface area (Å²) < 4.78 is 22.8. The van der Waals surface area contributed by atoms with E-state index in [1.54, 1.807) is 0 Å². The lowest BCUT2D eigenvalue weighted by Gasteiger charge is -2.19. The lowest BCUT2D eigenvalue weighted by molar-refractivity contribution is 0.362. The van der Waals surface area contributed by atoms with Gasteiger partial charge in [-0.25, -0.2) is 8.42 Å². The van der Waals surface area contributed by atoms with Crippen LogP contribution in [0, 0.1) is 11.3 Å². The third-order valence-electron chi connectivity index (χ3n) is 4.32. The van der Waals surface area contributed by atoms with Crippen molar-refractivity contribution in [1.29, 1.82) is 0 Å². The highest BCUT2D eigenvalue weighted by atomic mass is 32.2. The summed E-state index contributed by atoms with van der Waals surface area (Å²) in [6.45, 7) is 7.78. The third-order valence-corrected chi connectivity index (χ3v) is 5.18. The van der Waals surface area contributed by atoms with Crippen molar-refractivity contribution in [2.24, 2.45) is 11.3 Å². The molecule has 2 atom stereocenters. The Labute approximate surface area is 129 Å². The molecule has 1 saturated carbocycles. The van der Waals surface area contributed by atoms with E-state index >= 15 is 0 Å². The summed E-state index contributed by atoms with van der Waals surface area (Å²) in [5, 5.41) is 3.64. The Bertz CT molecular complexity index is 593. The molecular formula is C17H27NO2S. The zero-order valence-corrected chi connectivity index (χ0v) is 14.3. The van der Waals surface area contributed by atoms with Gasteiger partial charge in [0.15, 0.2) is 9.84 Å². The predicted molar refractivity (Wildman–Crippen MR) is 87.8 cm³/mol. The van der Waals surface area contributed by atoms with Crippen molar-refractivity contribution in [1.82, 2.24) is 5.32 Å². The van der Waals surface area contributed by atoms with E-state index in [0.29, 0.717) is 17.4 Å². The lowest BCUT2D eigenvalue weighted by atomic mass is 9.91. The van der Waals surface area contributed by atoms with E-state index in [4.69, 9.17) is 0 Å². The largest absolute Gasteiger partial charge is 0.310 e. The molecule has 3 nitrogen and oxygen atoms in total. The van der Waals surface area contributed by atoms with Gasteiger partial charge in [0.25, 0.3) is 0 Å². The summed E-state index contributed by atoms with van der Waals surface area (Å²) in [5.74, 6) is 0.812. The molecule has 0 amide bonds. The fourth-order valence-corrected chi connectivity index (χ4v) is 4.33. The van der Waals surface area contributed by atoms with Gasteiger partial charge in [-0.05, 0) is 35.3 Å². The molecule has 21 heavy (non-hydrogen) atoms. The van der Waals surface area contributed by atoms with Crippen LogP contribution in [0.15, 0.2) is 24.3 Å². The summed E-state index contributed by atoms with van der Waals surface area (Å²) in [4.78, 5) is 0. The van der Waals surface area contributed by atoms with Gasteiger partial charge in [-0.2, -0.15) is 0 Å². The SMILES string of the molecule is C[C@H]1CC(C)(C)C[C@H]1NCc1cccc(CS(C)(=O)=O)c1. The molecule has 1 aromatic rings. The smallest absolute Gasteiger partial charge is 0.151 e. The number of benzene rings is 1. The molecule has 0 radical (unpaired) electrons. The minimum absolute atomic E-state index is 0.119. The van der Waals surface area contributed by atoms with E-state index in [1.165, 1.54) is 19.1 Å². The fraction of sp³-hybridized carbons (Fsp3) is 0.647. The molecule has 0 aromatic heterocycles. The van der Waals surface area contributed by atoms with Crippen LogP contribution in [0.2, 0.25) is 0 Å². The summed E-state index contributed by atoms with van der Waals surface area (Å²) >= 11 is 0. The van der Waals surface area contributed by atoms with Gasteiger partial charge in [-0.15, -0.1) is 0 Å². The molecule has 0 bridgehead atoms. The van der Waals surface area contributed by atoms with E-state index in [0.717, 1.165) is 17.7 Å². The van der Waals surface area contributed by atoms with Crippen molar-refractivity contribution < 1.29 is 8.42 Å². The highest BCUT2D eigenvalue weighted by Gasteiger charge is 2.36. The molecule has 0 spiro atoms. The van der Waals surface area contributed by atoms with Crippen LogP contribution in [0.5, 0.6) is 0 Å². The summed E-state index contributed by atoms with van der Waals surface area (Å²) in [6, 6.07) is 8.44. The first kappa shape index (κ1) is 16.5. The second-order valence-corrected chi connectivity index (χ2v) is 9.57. The van der Waals surface area contributed by atoms with E-state index in [9.17, 15) is 8.42 Å². The number of hydrogen-bond acceptors (Lipinski definition) is 3. The van der Waals surface area contributed by atoms with Gasteiger partial charge in [0.2, 0.25) is 0 Å². The van der Waals surface area contributed by atoms with Crippen LogP contribution in [0.3, 0.4) is 0 Å². The molecule has 1 aliphatic carbocycles. The monoisotopic (exact) mass is 309 g/mol. The van der Waals surface area contributed by atoms with Crippen molar-refractivity contribution in [2.75, 3.05) is 6.26 Å². The standard InChI is InChI=1S/C17H27NO2S/c1-13-9-17(2,3)10-16(13)18-11-14-6-5-7-15(8-14)12-21(4,19)20/h5-8,13,16,18H,9-12H2,1-4H3/t13-,16+/m0/s1. The average molecular weight is 309 g/mol. The summed E-state index contributed by atoms with van der Waals surface area (Å²) in [6.07, 6.45) is 3.75. The number of nitrogens with one attached hydrogen (secondary N) is 1. The number of rotatable bonds is 5. The molecule has 1 fully saturated rings. The van der Waals surface area contributed by atoms with Gasteiger partial charge in [-0.3, -0.25) is 0 Å². The maximum Gasteiger partial charge on any atom is 0.151 e. The highest BCUT2D eigenvalue weighted by Crippen LogP contribution is 2.40. The molecule has 118 valence electrons. The summed E-state index contributed by atoms with van der Waals surface area (Å²) in [5.41, 5.74) is 2.46. The third kappa shape index (κ3) is 5.11. The van der Waals surface area contributed by atoms with Gasteiger partial charge in [-0.1, -0.05) is 45.0 Å². The molecule has 1 aromatic carbocycles. The second kappa shape index (κ2) is 6.09. The first-order valence-corrected chi connectivity index (χ1v) is 9.70. The molecule has 2 rings (SSSR count). The zero-order chi connectivity index (χ0) is 15.7. The molecule has 0 saturated heterocycles. The number of hydrogen-bond donors (Lipinski definition) is 1. The quantitative estimate of drug-likeness (QED) is 0.909. The lowest BCUT2D eigenvalue weighted by Crippen LogP contribution is -2.31. The van der Waals surface area contributed by atoms with Crippen LogP contribution in [0.1, 0.15) is 44.7 Å². The fourth-order valence-electron chi connectivity index (χ4n) is 3.55. The normalized spacial score (nSPS) is 25.1. The molecule has 1 aliphatic rings. The predicted octanol–water partition coefficient (Wildman–Crippen LogP) is 3.15. The first-order valence-electron chi connectivity index (χ1n) is 7.64. The van der Waals surface area contributed by atoms with Crippen molar-refractivity contribution in [3.63, 3.8) is 0 Å². The van der Waals surface area contributed by atoms with Crippen LogP contribution in [0.4, 0.5) is 0 Å². The molecule has 0 aliphatic heterocycles. The second-order valence-electron chi connectivity index (χ2n) is 7.43. The van der Waals surface area contributed by atoms with E-state index in [2.05, 4.69) is 32.2 Å². The van der Waals surface area contributed by atoms with Gasteiger partial charge < -0.3 is 5.32 Å². The van der Waals surface area contributed by atoms with Crippen molar-refractivity contribution >= 4 is 9.84 Å². The average Bonchev–Trinajstić information content (AvgIpc) is 2.58.